The van der Waals surface area contributed by atoms with Gasteiger partial charge in [-0.25, -0.2) is 0 Å². The summed E-state index contributed by atoms with van der Waals surface area (Å²) in [7, 11) is 2.83. The molecule has 0 amide bonds. The monoisotopic (exact) mass is 207 g/mol. The highest BCUT2D eigenvalue weighted by atomic mass is 16.6. The molecule has 0 aliphatic rings. The third-order valence-electron chi connectivity index (χ3n) is 1.85. The minimum Gasteiger partial charge on any atom is -0.493 e. The van der Waals surface area contributed by atoms with E-state index in [1.54, 1.807) is 0 Å². The fourth-order valence-corrected chi connectivity index (χ4v) is 1.13. The van der Waals surface area contributed by atoms with E-state index in [0.717, 1.165) is 0 Å². The molecule has 1 aromatic rings. The molecule has 5 nitrogen and oxygen atoms in total. The Morgan fingerprint density at radius 2 is 1.87 bits per heavy atom. The van der Waals surface area contributed by atoms with Gasteiger partial charge in [-0.3, -0.25) is 10.1 Å². The highest BCUT2D eigenvalue weighted by Gasteiger charge is 2.17. The van der Waals surface area contributed by atoms with E-state index < -0.39 is 4.92 Å². The number of hydrogen-bond donors (Lipinski definition) is 0. The summed E-state index contributed by atoms with van der Waals surface area (Å²) in [6.07, 6.45) is 5.15. The van der Waals surface area contributed by atoms with Crippen LogP contribution in [0.3, 0.4) is 0 Å². The molecule has 0 fully saturated rings. The van der Waals surface area contributed by atoms with Crippen LogP contribution in [0.5, 0.6) is 11.5 Å². The average molecular weight is 207 g/mol. The molecule has 0 N–H and O–H groups in total. The second-order valence-electron chi connectivity index (χ2n) is 2.63. The Hall–Kier alpha value is -2.22. The Morgan fingerprint density at radius 1 is 1.33 bits per heavy atom. The number of rotatable bonds is 3. The highest BCUT2D eigenvalue weighted by Crippen LogP contribution is 2.33. The minimum atomic E-state index is -0.558. The topological polar surface area (TPSA) is 61.6 Å². The molecule has 0 heterocycles. The van der Waals surface area contributed by atoms with E-state index in [1.165, 1.54) is 26.4 Å². The average Bonchev–Trinajstić information content (AvgIpc) is 2.26. The zero-order chi connectivity index (χ0) is 11.4. The first-order chi connectivity index (χ1) is 7.13. The molecular weight excluding hydrogens is 198 g/mol. The Balaban J connectivity index is 3.42. The van der Waals surface area contributed by atoms with Gasteiger partial charge in [-0.05, 0) is 0 Å². The van der Waals surface area contributed by atoms with Crippen LogP contribution in [0.15, 0.2) is 12.1 Å². The second-order valence-corrected chi connectivity index (χ2v) is 2.63. The number of hydrogen-bond acceptors (Lipinski definition) is 4. The van der Waals surface area contributed by atoms with Gasteiger partial charge in [0.25, 0.3) is 5.69 Å². The molecule has 0 saturated carbocycles. The largest absolute Gasteiger partial charge is 0.493 e. The molecule has 0 saturated heterocycles. The molecule has 1 rings (SSSR count). The van der Waals surface area contributed by atoms with Crippen molar-refractivity contribution >= 4 is 5.69 Å². The predicted molar refractivity (Wildman–Crippen MR) is 54.1 cm³/mol. The standard InChI is InChI=1S/C10H9NO4/c1-4-7-5-9(14-2)10(15-3)6-8(7)11(12)13/h1,5-6H,2-3H3. The maximum atomic E-state index is 10.7. The predicted octanol–water partition coefficient (Wildman–Crippen LogP) is 1.59. The maximum Gasteiger partial charge on any atom is 0.288 e. The van der Waals surface area contributed by atoms with E-state index in [4.69, 9.17) is 15.9 Å². The van der Waals surface area contributed by atoms with Crippen molar-refractivity contribution in [3.63, 3.8) is 0 Å². The number of nitro groups is 1. The summed E-state index contributed by atoms with van der Waals surface area (Å²) in [5.41, 5.74) is -0.00667. The van der Waals surface area contributed by atoms with Gasteiger partial charge in [0.1, 0.15) is 5.56 Å². The first-order valence-electron chi connectivity index (χ1n) is 4.01. The Bertz CT molecular complexity index is 434. The molecule has 0 radical (unpaired) electrons. The summed E-state index contributed by atoms with van der Waals surface area (Å²) in [6.45, 7) is 0. The second kappa shape index (κ2) is 4.33. The van der Waals surface area contributed by atoms with Crippen molar-refractivity contribution in [2.45, 2.75) is 0 Å². The van der Waals surface area contributed by atoms with Crippen LogP contribution in [-0.2, 0) is 0 Å². The number of benzene rings is 1. The summed E-state index contributed by atoms with van der Waals surface area (Å²) >= 11 is 0. The molecule has 1 aromatic carbocycles. The molecule has 0 aliphatic heterocycles. The van der Waals surface area contributed by atoms with Gasteiger partial charge >= 0.3 is 0 Å². The van der Waals surface area contributed by atoms with Gasteiger partial charge in [0.2, 0.25) is 0 Å². The third kappa shape index (κ3) is 1.99. The molecule has 0 unspecified atom stereocenters. The fourth-order valence-electron chi connectivity index (χ4n) is 1.13. The highest BCUT2D eigenvalue weighted by molar-refractivity contribution is 5.59. The van der Waals surface area contributed by atoms with Crippen molar-refractivity contribution in [2.75, 3.05) is 14.2 Å². The Kier molecular flexibility index (Phi) is 3.13. The van der Waals surface area contributed by atoms with Gasteiger partial charge in [0.05, 0.1) is 25.2 Å². The molecule has 0 bridgehead atoms. The molecule has 0 atom stereocenters. The van der Waals surface area contributed by atoms with E-state index >= 15 is 0 Å². The SMILES string of the molecule is C#Cc1cc(OC)c(OC)cc1[N+](=O)[O-]. The number of ether oxygens (including phenoxy) is 2. The number of nitrogens with zero attached hydrogens (tertiary/aromatic N) is 1. The third-order valence-corrected chi connectivity index (χ3v) is 1.85. The van der Waals surface area contributed by atoms with Gasteiger partial charge in [0, 0.05) is 6.07 Å². The quantitative estimate of drug-likeness (QED) is 0.429. The molecule has 15 heavy (non-hydrogen) atoms. The molecule has 5 heteroatoms. The van der Waals surface area contributed by atoms with Gasteiger partial charge in [-0.2, -0.15) is 0 Å². The summed E-state index contributed by atoms with van der Waals surface area (Å²) < 4.78 is 9.90. The minimum absolute atomic E-state index is 0.164. The van der Waals surface area contributed by atoms with E-state index in [1.807, 2.05) is 0 Å². The van der Waals surface area contributed by atoms with Crippen molar-refractivity contribution in [3.8, 4) is 23.8 Å². The lowest BCUT2D eigenvalue weighted by atomic mass is 10.1. The van der Waals surface area contributed by atoms with Crippen LogP contribution in [0.1, 0.15) is 5.56 Å². The van der Waals surface area contributed by atoms with E-state index in [2.05, 4.69) is 5.92 Å². The van der Waals surface area contributed by atoms with E-state index in [9.17, 15) is 10.1 Å². The summed E-state index contributed by atoms with van der Waals surface area (Å²) in [4.78, 5) is 10.1. The lowest BCUT2D eigenvalue weighted by Crippen LogP contribution is -1.96. The van der Waals surface area contributed by atoms with Crippen LogP contribution >= 0.6 is 0 Å². The number of nitro benzene ring substituents is 1. The molecule has 78 valence electrons. The van der Waals surface area contributed by atoms with Gasteiger partial charge < -0.3 is 9.47 Å². The van der Waals surface area contributed by atoms with Gasteiger partial charge in [-0.1, -0.05) is 5.92 Å². The van der Waals surface area contributed by atoms with Gasteiger partial charge in [-0.15, -0.1) is 6.42 Å². The summed E-state index contributed by atoms with van der Waals surface area (Å²) in [5, 5.41) is 10.7. The van der Waals surface area contributed by atoms with Crippen molar-refractivity contribution in [1.82, 2.24) is 0 Å². The van der Waals surface area contributed by atoms with Crippen LogP contribution in [0, 0.1) is 22.5 Å². The first-order valence-corrected chi connectivity index (χ1v) is 4.01. The lowest BCUT2D eigenvalue weighted by Gasteiger charge is -2.07. The zero-order valence-electron chi connectivity index (χ0n) is 8.31. The summed E-state index contributed by atoms with van der Waals surface area (Å²) in [5.74, 6) is 2.88. The smallest absolute Gasteiger partial charge is 0.288 e. The number of methoxy groups -OCH3 is 2. The lowest BCUT2D eigenvalue weighted by molar-refractivity contribution is -0.385. The van der Waals surface area contributed by atoms with Crippen molar-refractivity contribution in [3.05, 3.63) is 27.8 Å². The van der Waals surface area contributed by atoms with Crippen LogP contribution < -0.4 is 9.47 Å². The fraction of sp³-hybridized carbons (Fsp3) is 0.200. The summed E-state index contributed by atoms with van der Waals surface area (Å²) in [6, 6.07) is 2.64. The van der Waals surface area contributed by atoms with Crippen molar-refractivity contribution in [2.24, 2.45) is 0 Å². The normalized spacial score (nSPS) is 9.13. The molecule has 0 aromatic heterocycles. The Morgan fingerprint density at radius 3 is 2.27 bits per heavy atom. The van der Waals surface area contributed by atoms with E-state index in [-0.39, 0.29) is 17.0 Å². The van der Waals surface area contributed by atoms with Crippen LogP contribution in [-0.4, -0.2) is 19.1 Å². The molecular formula is C10H9NO4. The maximum absolute atomic E-state index is 10.7. The Labute approximate surface area is 86.8 Å². The van der Waals surface area contributed by atoms with Crippen molar-refractivity contribution in [1.29, 1.82) is 0 Å². The van der Waals surface area contributed by atoms with Crippen LogP contribution in [0.25, 0.3) is 0 Å². The van der Waals surface area contributed by atoms with Crippen LogP contribution in [0.2, 0.25) is 0 Å². The molecule has 0 spiro atoms. The number of terminal acetylenes is 1. The first kappa shape index (κ1) is 10.9. The zero-order valence-corrected chi connectivity index (χ0v) is 8.31. The van der Waals surface area contributed by atoms with Crippen LogP contribution in [0.4, 0.5) is 5.69 Å². The molecule has 0 aliphatic carbocycles. The van der Waals surface area contributed by atoms with Gasteiger partial charge in [0.15, 0.2) is 11.5 Å². The van der Waals surface area contributed by atoms with E-state index in [0.29, 0.717) is 5.75 Å². The van der Waals surface area contributed by atoms with Crippen molar-refractivity contribution < 1.29 is 14.4 Å².